The number of rotatable bonds is 12. The van der Waals surface area contributed by atoms with E-state index in [0.717, 1.165) is 0 Å². The molecule has 2 aliphatic heterocycles. The van der Waals surface area contributed by atoms with E-state index in [-0.39, 0.29) is 24.7 Å². The SMILES string of the molecule is CC(C)(Br)C(=O)OCc1ccccc1O[C@@H]1O[C@@H]2CO[C@@H](c3ccccc3OC(=O)C(C)(C)Br)O[C@H]2[C@H](OC(=O)C(C)(C)Br)[C@H]1OC(=O)C(C)(C)Br. The zero-order chi connectivity index (χ0) is 38.8. The van der Waals surface area contributed by atoms with Crippen LogP contribution in [-0.4, -0.2) is 78.5 Å². The van der Waals surface area contributed by atoms with Crippen molar-refractivity contribution in [3.63, 3.8) is 0 Å². The van der Waals surface area contributed by atoms with Crippen LogP contribution < -0.4 is 9.47 Å². The van der Waals surface area contributed by atoms with E-state index < -0.39 is 78.2 Å². The van der Waals surface area contributed by atoms with Crippen LogP contribution in [0, 0.1) is 0 Å². The van der Waals surface area contributed by atoms with E-state index >= 15 is 0 Å². The van der Waals surface area contributed by atoms with Crippen molar-refractivity contribution in [3.05, 3.63) is 59.7 Å². The Morgan fingerprint density at radius 1 is 0.673 bits per heavy atom. The van der Waals surface area contributed by atoms with Gasteiger partial charge in [-0.15, -0.1) is 0 Å². The molecule has 2 aromatic rings. The van der Waals surface area contributed by atoms with E-state index in [2.05, 4.69) is 63.7 Å². The second-order valence-electron chi connectivity index (χ2n) is 14.2. The number of halogens is 4. The highest BCUT2D eigenvalue weighted by Gasteiger charge is 2.56. The summed E-state index contributed by atoms with van der Waals surface area (Å²) in [5.74, 6) is -1.96. The van der Waals surface area contributed by atoms with Crippen LogP contribution >= 0.6 is 63.7 Å². The van der Waals surface area contributed by atoms with Crippen molar-refractivity contribution in [3.8, 4) is 11.5 Å². The van der Waals surface area contributed by atoms with Crippen molar-refractivity contribution in [1.29, 1.82) is 0 Å². The number of carbonyl (C=O) groups excluding carboxylic acids is 4. The zero-order valence-electron chi connectivity index (χ0n) is 29.9. The number of alkyl halides is 4. The van der Waals surface area contributed by atoms with Crippen molar-refractivity contribution < 1.29 is 57.1 Å². The quantitative estimate of drug-likeness (QED) is 0.0908. The molecule has 0 amide bonds. The van der Waals surface area contributed by atoms with E-state index in [4.69, 9.17) is 37.9 Å². The summed E-state index contributed by atoms with van der Waals surface area (Å²) in [7, 11) is 0. The molecule has 52 heavy (non-hydrogen) atoms. The highest BCUT2D eigenvalue weighted by molar-refractivity contribution is 9.10. The molecule has 286 valence electrons. The van der Waals surface area contributed by atoms with Gasteiger partial charge < -0.3 is 37.9 Å². The smallest absolute Gasteiger partial charge is 0.327 e. The molecular weight excluding hydrogens is 944 g/mol. The van der Waals surface area contributed by atoms with E-state index in [9.17, 15) is 19.2 Å². The normalized spacial score (nSPS) is 23.8. The second-order valence-corrected chi connectivity index (χ2v) is 22.1. The fourth-order valence-corrected chi connectivity index (χ4v) is 5.14. The van der Waals surface area contributed by atoms with Gasteiger partial charge in [0.1, 0.15) is 47.6 Å². The largest absolute Gasteiger partial charge is 0.460 e. The fraction of sp³-hybridized carbons (Fsp3) is 0.556. The number of carbonyl (C=O) groups is 4. The minimum atomic E-state index is -1.39. The molecule has 0 bridgehead atoms. The molecule has 0 unspecified atom stereocenters. The lowest BCUT2D eigenvalue weighted by molar-refractivity contribution is -0.352. The third-order valence-electron chi connectivity index (χ3n) is 7.66. The van der Waals surface area contributed by atoms with Crippen LogP contribution in [0.4, 0.5) is 0 Å². The molecule has 2 heterocycles. The molecule has 0 spiro atoms. The van der Waals surface area contributed by atoms with Crippen molar-refractivity contribution in [2.75, 3.05) is 6.61 Å². The van der Waals surface area contributed by atoms with E-state index in [0.29, 0.717) is 11.1 Å². The molecule has 12 nitrogen and oxygen atoms in total. The van der Waals surface area contributed by atoms with Crippen LogP contribution in [0.2, 0.25) is 0 Å². The summed E-state index contributed by atoms with van der Waals surface area (Å²) in [6.07, 6.45) is -7.13. The molecule has 2 saturated heterocycles. The Hall–Kier alpha value is -2.08. The average molecular weight is 986 g/mol. The van der Waals surface area contributed by atoms with E-state index in [1.54, 1.807) is 104 Å². The predicted molar refractivity (Wildman–Crippen MR) is 203 cm³/mol. The fourth-order valence-electron chi connectivity index (χ4n) is 4.75. The Bertz CT molecular complexity index is 1620. The van der Waals surface area contributed by atoms with Gasteiger partial charge in [0.25, 0.3) is 0 Å². The average Bonchev–Trinajstić information content (AvgIpc) is 3.03. The highest BCUT2D eigenvalue weighted by Crippen LogP contribution is 2.41. The molecule has 16 heteroatoms. The van der Waals surface area contributed by atoms with Crippen molar-refractivity contribution >= 4 is 87.6 Å². The van der Waals surface area contributed by atoms with Gasteiger partial charge in [-0.2, -0.15) is 0 Å². The molecule has 2 fully saturated rings. The minimum absolute atomic E-state index is 0.0859. The maximum absolute atomic E-state index is 13.5. The van der Waals surface area contributed by atoms with Gasteiger partial charge >= 0.3 is 23.9 Å². The molecule has 2 aliphatic rings. The first kappa shape index (κ1) is 42.7. The number of benzene rings is 2. The Kier molecular flexibility index (Phi) is 13.7. The van der Waals surface area contributed by atoms with Gasteiger partial charge in [-0.05, 0) is 67.5 Å². The number of hydrogen-bond donors (Lipinski definition) is 0. The molecule has 6 atom stereocenters. The van der Waals surface area contributed by atoms with Gasteiger partial charge in [0, 0.05) is 5.56 Å². The lowest BCUT2D eigenvalue weighted by Crippen LogP contribution is -2.65. The monoisotopic (exact) mass is 982 g/mol. The van der Waals surface area contributed by atoms with Crippen molar-refractivity contribution in [2.24, 2.45) is 0 Å². The number of esters is 4. The second kappa shape index (κ2) is 16.7. The Labute approximate surface area is 336 Å². The summed E-state index contributed by atoms with van der Waals surface area (Å²) >= 11 is 13.3. The summed E-state index contributed by atoms with van der Waals surface area (Å²) < 4.78 is 44.5. The Morgan fingerprint density at radius 2 is 1.19 bits per heavy atom. The molecular formula is C36H42Br4O12. The Morgan fingerprint density at radius 3 is 1.77 bits per heavy atom. The van der Waals surface area contributed by atoms with Crippen LogP contribution in [0.5, 0.6) is 11.5 Å². The van der Waals surface area contributed by atoms with Gasteiger partial charge in [-0.25, -0.2) is 0 Å². The van der Waals surface area contributed by atoms with Crippen LogP contribution in [0.25, 0.3) is 0 Å². The van der Waals surface area contributed by atoms with Crippen molar-refractivity contribution in [1.82, 2.24) is 0 Å². The molecule has 0 aliphatic carbocycles. The van der Waals surface area contributed by atoms with Crippen LogP contribution in [-0.2, 0) is 54.2 Å². The summed E-state index contributed by atoms with van der Waals surface area (Å²) in [4.78, 5) is 52.3. The van der Waals surface area contributed by atoms with Crippen LogP contribution in [0.15, 0.2) is 48.5 Å². The van der Waals surface area contributed by atoms with Crippen LogP contribution in [0.1, 0.15) is 72.8 Å². The third kappa shape index (κ3) is 11.0. The first-order valence-electron chi connectivity index (χ1n) is 16.3. The third-order valence-corrected chi connectivity index (χ3v) is 8.96. The predicted octanol–water partition coefficient (Wildman–Crippen LogP) is 7.37. The highest BCUT2D eigenvalue weighted by atomic mass is 79.9. The maximum Gasteiger partial charge on any atom is 0.327 e. The Balaban J connectivity index is 1.73. The molecule has 2 aromatic carbocycles. The van der Waals surface area contributed by atoms with E-state index in [1.807, 2.05) is 0 Å². The summed E-state index contributed by atoms with van der Waals surface area (Å²) in [5.41, 5.74) is 0.883. The van der Waals surface area contributed by atoms with Crippen LogP contribution in [0.3, 0.4) is 0 Å². The maximum atomic E-state index is 13.5. The van der Waals surface area contributed by atoms with Gasteiger partial charge in [0.05, 0.1) is 12.2 Å². The zero-order valence-corrected chi connectivity index (χ0v) is 36.3. The minimum Gasteiger partial charge on any atom is -0.460 e. The molecule has 4 rings (SSSR count). The van der Waals surface area contributed by atoms with Crippen molar-refractivity contribution in [2.45, 2.75) is 116 Å². The molecule has 0 radical (unpaired) electrons. The lowest BCUT2D eigenvalue weighted by Gasteiger charge is -2.48. The number of para-hydroxylation sites is 2. The first-order valence-corrected chi connectivity index (χ1v) is 19.5. The molecule has 0 aromatic heterocycles. The number of fused-ring (bicyclic) bond motifs is 1. The summed E-state index contributed by atoms with van der Waals surface area (Å²) in [5, 5.41) is 0. The standard InChI is InChI=1S/C36H42Br4O12/c1-33(2,37)29(41)46-17-19-13-9-11-15-21(19)47-28-26(52-32(44)36(7,8)40)25(51-31(43)35(5,6)39)24-23(48-28)18-45-27(50-24)20-14-10-12-16-22(20)49-30(42)34(3,4)38/h9-16,23-28H,17-18H2,1-8H3/t23-,24-,25+,26-,27-,28-/m1/s1. The first-order chi connectivity index (χ1) is 24.0. The van der Waals surface area contributed by atoms with Gasteiger partial charge in [0.2, 0.25) is 12.4 Å². The summed E-state index contributed by atoms with van der Waals surface area (Å²) in [6.45, 7) is 12.8. The van der Waals surface area contributed by atoms with E-state index in [1.165, 1.54) is 0 Å². The lowest BCUT2D eigenvalue weighted by atomic mass is 9.96. The van der Waals surface area contributed by atoms with Gasteiger partial charge in [-0.1, -0.05) is 100 Å². The summed E-state index contributed by atoms with van der Waals surface area (Å²) in [6, 6.07) is 13.5. The molecule has 0 saturated carbocycles. The number of hydrogen-bond acceptors (Lipinski definition) is 12. The number of ether oxygens (including phenoxy) is 8. The molecule has 0 N–H and O–H groups in total. The topological polar surface area (TPSA) is 142 Å². The van der Waals surface area contributed by atoms with Gasteiger partial charge in [-0.3, -0.25) is 19.2 Å². The van der Waals surface area contributed by atoms with Gasteiger partial charge in [0.15, 0.2) is 12.4 Å².